The molecule has 4 heteroatoms. The third kappa shape index (κ3) is 4.71. The van der Waals surface area contributed by atoms with Crippen LogP contribution < -0.4 is 11.1 Å². The fraction of sp³-hybridized carbons (Fsp3) is 0.462. The smallest absolute Gasteiger partial charge is 0.106 e. The van der Waals surface area contributed by atoms with Gasteiger partial charge < -0.3 is 15.8 Å². The minimum atomic E-state index is 0.254. The number of hydrogen-bond acceptors (Lipinski definition) is 3. The van der Waals surface area contributed by atoms with E-state index in [0.29, 0.717) is 11.6 Å². The molecule has 3 N–H and O–H groups in total. The van der Waals surface area contributed by atoms with Gasteiger partial charge in [0.1, 0.15) is 4.99 Å². The van der Waals surface area contributed by atoms with Crippen LogP contribution in [0.5, 0.6) is 0 Å². The van der Waals surface area contributed by atoms with Gasteiger partial charge in [-0.2, -0.15) is 0 Å². The van der Waals surface area contributed by atoms with Crippen molar-refractivity contribution in [3.8, 4) is 0 Å². The molecule has 0 unspecified atom stereocenters. The summed E-state index contributed by atoms with van der Waals surface area (Å²) in [6, 6.07) is 6.00. The van der Waals surface area contributed by atoms with Crippen LogP contribution in [0.4, 0.5) is 5.69 Å². The summed E-state index contributed by atoms with van der Waals surface area (Å²) in [5, 5.41) is 3.30. The average molecular weight is 252 g/mol. The maximum atomic E-state index is 5.68. The van der Waals surface area contributed by atoms with Crippen molar-refractivity contribution in [2.45, 2.75) is 26.9 Å². The van der Waals surface area contributed by atoms with E-state index in [1.807, 2.05) is 39.0 Å². The predicted molar refractivity (Wildman–Crippen MR) is 76.6 cm³/mol. The van der Waals surface area contributed by atoms with Crippen LogP contribution in [0.25, 0.3) is 0 Å². The number of rotatable bonds is 6. The normalized spacial score (nSPS) is 10.6. The Morgan fingerprint density at radius 2 is 2.18 bits per heavy atom. The van der Waals surface area contributed by atoms with Gasteiger partial charge in [0, 0.05) is 17.8 Å². The first-order chi connectivity index (χ1) is 8.00. The Balaban J connectivity index is 2.62. The zero-order valence-electron chi connectivity index (χ0n) is 10.6. The molecule has 0 bridgehead atoms. The summed E-state index contributed by atoms with van der Waals surface area (Å²) in [6.07, 6.45) is 0.254. The molecule has 3 nitrogen and oxygen atoms in total. The standard InChI is InChI=1S/C13H20N2OS/c1-9(2)16-7-6-15-12-8-10(3)4-5-11(12)13(14)17/h4-5,8-9,15H,6-7H2,1-3H3,(H2,14,17). The van der Waals surface area contributed by atoms with Gasteiger partial charge >= 0.3 is 0 Å². The molecule has 1 aromatic carbocycles. The third-order valence-electron chi connectivity index (χ3n) is 2.31. The zero-order valence-corrected chi connectivity index (χ0v) is 11.4. The first-order valence-electron chi connectivity index (χ1n) is 5.76. The van der Waals surface area contributed by atoms with Gasteiger partial charge in [0.2, 0.25) is 0 Å². The van der Waals surface area contributed by atoms with E-state index in [1.165, 1.54) is 5.56 Å². The Hall–Kier alpha value is -1.13. The van der Waals surface area contributed by atoms with Crippen LogP contribution in [-0.2, 0) is 4.74 Å². The van der Waals surface area contributed by atoms with E-state index in [-0.39, 0.29) is 6.10 Å². The van der Waals surface area contributed by atoms with Crippen LogP contribution >= 0.6 is 12.2 Å². The average Bonchev–Trinajstić information content (AvgIpc) is 2.23. The van der Waals surface area contributed by atoms with Crippen molar-refractivity contribution >= 4 is 22.9 Å². The lowest BCUT2D eigenvalue weighted by molar-refractivity contribution is 0.0870. The quantitative estimate of drug-likeness (QED) is 0.603. The molecule has 0 saturated carbocycles. The highest BCUT2D eigenvalue weighted by molar-refractivity contribution is 7.80. The number of benzene rings is 1. The third-order valence-corrected chi connectivity index (χ3v) is 2.53. The summed E-state index contributed by atoms with van der Waals surface area (Å²) in [5.74, 6) is 0. The molecule has 0 atom stereocenters. The second-order valence-corrected chi connectivity index (χ2v) is 4.70. The van der Waals surface area contributed by atoms with Crippen LogP contribution in [0.15, 0.2) is 18.2 Å². The van der Waals surface area contributed by atoms with Gasteiger partial charge in [-0.05, 0) is 38.5 Å². The minimum Gasteiger partial charge on any atom is -0.389 e. The summed E-state index contributed by atoms with van der Waals surface area (Å²) in [4.78, 5) is 0.414. The summed E-state index contributed by atoms with van der Waals surface area (Å²) in [7, 11) is 0. The second kappa shape index (κ2) is 6.57. The fourth-order valence-corrected chi connectivity index (χ4v) is 1.68. The van der Waals surface area contributed by atoms with Crippen LogP contribution in [0.3, 0.4) is 0 Å². The Morgan fingerprint density at radius 1 is 1.47 bits per heavy atom. The maximum Gasteiger partial charge on any atom is 0.106 e. The maximum absolute atomic E-state index is 5.68. The van der Waals surface area contributed by atoms with Crippen molar-refractivity contribution in [3.05, 3.63) is 29.3 Å². The van der Waals surface area contributed by atoms with E-state index in [4.69, 9.17) is 22.7 Å². The lowest BCUT2D eigenvalue weighted by atomic mass is 10.1. The molecule has 0 aliphatic heterocycles. The number of anilines is 1. The molecule has 17 heavy (non-hydrogen) atoms. The van der Waals surface area contributed by atoms with Gasteiger partial charge in [-0.3, -0.25) is 0 Å². The Morgan fingerprint density at radius 3 is 2.76 bits per heavy atom. The number of ether oxygens (including phenoxy) is 1. The molecule has 0 fully saturated rings. The Bertz CT molecular complexity index is 391. The highest BCUT2D eigenvalue weighted by atomic mass is 32.1. The number of nitrogens with one attached hydrogen (secondary N) is 1. The number of nitrogens with two attached hydrogens (primary N) is 1. The topological polar surface area (TPSA) is 47.3 Å². The van der Waals surface area contributed by atoms with Crippen molar-refractivity contribution in [2.75, 3.05) is 18.5 Å². The molecule has 0 aliphatic carbocycles. The molecule has 0 spiro atoms. The minimum absolute atomic E-state index is 0.254. The van der Waals surface area contributed by atoms with Gasteiger partial charge in [-0.15, -0.1) is 0 Å². The Labute approximate surface area is 108 Å². The van der Waals surface area contributed by atoms with Crippen LogP contribution in [0.2, 0.25) is 0 Å². The highest BCUT2D eigenvalue weighted by Gasteiger charge is 2.04. The van der Waals surface area contributed by atoms with Crippen LogP contribution in [-0.4, -0.2) is 24.2 Å². The van der Waals surface area contributed by atoms with E-state index in [2.05, 4.69) is 5.32 Å². The largest absolute Gasteiger partial charge is 0.389 e. The summed E-state index contributed by atoms with van der Waals surface area (Å²) in [6.45, 7) is 7.50. The van der Waals surface area contributed by atoms with Crippen molar-refractivity contribution in [1.29, 1.82) is 0 Å². The molecule has 0 radical (unpaired) electrons. The molecule has 0 aliphatic rings. The van der Waals surface area contributed by atoms with Gasteiger partial charge in [0.05, 0.1) is 12.7 Å². The van der Waals surface area contributed by atoms with Crippen molar-refractivity contribution in [1.82, 2.24) is 0 Å². The van der Waals surface area contributed by atoms with Crippen molar-refractivity contribution in [2.24, 2.45) is 5.73 Å². The summed E-state index contributed by atoms with van der Waals surface area (Å²) < 4.78 is 5.47. The molecular formula is C13H20N2OS. The van der Waals surface area contributed by atoms with Crippen molar-refractivity contribution in [3.63, 3.8) is 0 Å². The lowest BCUT2D eigenvalue weighted by Gasteiger charge is -2.13. The lowest BCUT2D eigenvalue weighted by Crippen LogP contribution is -2.17. The van der Waals surface area contributed by atoms with Crippen LogP contribution in [0.1, 0.15) is 25.0 Å². The molecule has 0 amide bonds. The van der Waals surface area contributed by atoms with E-state index in [0.717, 1.165) is 17.8 Å². The van der Waals surface area contributed by atoms with E-state index >= 15 is 0 Å². The molecule has 1 rings (SSSR count). The van der Waals surface area contributed by atoms with Crippen LogP contribution in [0, 0.1) is 6.92 Å². The van der Waals surface area contributed by atoms with Gasteiger partial charge in [-0.1, -0.05) is 18.3 Å². The van der Waals surface area contributed by atoms with E-state index in [9.17, 15) is 0 Å². The first kappa shape index (κ1) is 13.9. The predicted octanol–water partition coefficient (Wildman–Crippen LogP) is 2.47. The molecule has 0 heterocycles. The monoisotopic (exact) mass is 252 g/mol. The summed E-state index contributed by atoms with van der Waals surface area (Å²) in [5.41, 5.74) is 8.72. The number of thiocarbonyl (C=S) groups is 1. The molecule has 0 aromatic heterocycles. The molecular weight excluding hydrogens is 232 g/mol. The molecule has 1 aromatic rings. The van der Waals surface area contributed by atoms with Crippen molar-refractivity contribution < 1.29 is 4.74 Å². The second-order valence-electron chi connectivity index (χ2n) is 4.26. The number of hydrogen-bond donors (Lipinski definition) is 2. The Kier molecular flexibility index (Phi) is 5.38. The highest BCUT2D eigenvalue weighted by Crippen LogP contribution is 2.17. The molecule has 0 saturated heterocycles. The number of aryl methyl sites for hydroxylation is 1. The molecule has 94 valence electrons. The van der Waals surface area contributed by atoms with E-state index in [1.54, 1.807) is 0 Å². The van der Waals surface area contributed by atoms with E-state index < -0.39 is 0 Å². The SMILES string of the molecule is Cc1ccc(C(N)=S)c(NCCOC(C)C)c1. The van der Waals surface area contributed by atoms with Gasteiger partial charge in [-0.25, -0.2) is 0 Å². The fourth-order valence-electron chi connectivity index (χ4n) is 1.50. The first-order valence-corrected chi connectivity index (χ1v) is 6.17. The summed E-state index contributed by atoms with van der Waals surface area (Å²) >= 11 is 5.02. The van der Waals surface area contributed by atoms with Gasteiger partial charge in [0.25, 0.3) is 0 Å². The zero-order chi connectivity index (χ0) is 12.8. The van der Waals surface area contributed by atoms with Gasteiger partial charge in [0.15, 0.2) is 0 Å².